The third-order valence-corrected chi connectivity index (χ3v) is 1.94. The monoisotopic (exact) mass is 164 g/mol. The van der Waals surface area contributed by atoms with Gasteiger partial charge in [-0.2, -0.15) is 0 Å². The van der Waals surface area contributed by atoms with E-state index in [2.05, 4.69) is 6.58 Å². The Morgan fingerprint density at radius 3 is 2.25 bits per heavy atom. The predicted molar refractivity (Wildman–Crippen MR) is 24.9 cm³/mol. The summed E-state index contributed by atoms with van der Waals surface area (Å²) in [7, 11) is 0. The van der Waals surface area contributed by atoms with E-state index in [0.717, 1.165) is 22.5 Å². The zero-order chi connectivity index (χ0) is 3.41. The molecule has 0 saturated carbocycles. The first-order valence-corrected chi connectivity index (χ1v) is 5.56. The predicted octanol–water partition coefficient (Wildman–Crippen LogP) is -0.0439. The number of rotatable bonds is 1. The molecule has 0 aliphatic carbocycles. The summed E-state index contributed by atoms with van der Waals surface area (Å²) in [5.41, 5.74) is 0. The van der Waals surface area contributed by atoms with Gasteiger partial charge in [-0.15, -0.1) is 0 Å². The standard InChI is InChI=1S/C3H5.Sn.3H/c1-3-2;;;;/h3H,1-2H2;;;;. The Kier molecular flexibility index (Phi) is 4.02. The van der Waals surface area contributed by atoms with Gasteiger partial charge in [0, 0.05) is 0 Å². The molecule has 0 amide bonds. The SMILES string of the molecule is C=C[CH2][SnH3]. The van der Waals surface area contributed by atoms with E-state index in [1.807, 2.05) is 6.08 Å². The van der Waals surface area contributed by atoms with Crippen molar-refractivity contribution >= 4 is 22.5 Å². The van der Waals surface area contributed by atoms with Crippen molar-refractivity contribution in [2.75, 3.05) is 0 Å². The van der Waals surface area contributed by atoms with Crippen molar-refractivity contribution in [2.24, 2.45) is 0 Å². The first kappa shape index (κ1) is 4.54. The van der Waals surface area contributed by atoms with E-state index in [1.165, 1.54) is 4.44 Å². The minimum absolute atomic E-state index is 0.867. The average molecular weight is 163 g/mol. The van der Waals surface area contributed by atoms with Crippen LogP contribution in [0.1, 0.15) is 0 Å². The molecule has 0 aliphatic heterocycles. The van der Waals surface area contributed by atoms with Crippen LogP contribution in [0.3, 0.4) is 0 Å². The molecule has 1 heteroatoms. The van der Waals surface area contributed by atoms with Gasteiger partial charge in [0.05, 0.1) is 0 Å². The molecule has 0 atom stereocenters. The number of hydrogen-bond acceptors (Lipinski definition) is 0. The van der Waals surface area contributed by atoms with Crippen LogP contribution in [0.15, 0.2) is 12.7 Å². The Labute approximate surface area is 40.0 Å². The summed E-state index contributed by atoms with van der Waals surface area (Å²) in [5.74, 6) is 0. The van der Waals surface area contributed by atoms with Gasteiger partial charge in [0.1, 0.15) is 0 Å². The van der Waals surface area contributed by atoms with Crippen molar-refractivity contribution < 1.29 is 0 Å². The summed E-state index contributed by atoms with van der Waals surface area (Å²) in [5, 5.41) is 0. The van der Waals surface area contributed by atoms with Gasteiger partial charge in [-0.25, -0.2) is 0 Å². The summed E-state index contributed by atoms with van der Waals surface area (Å²) < 4.78 is 1.29. The first-order chi connectivity index (χ1) is 1.91. The third kappa shape index (κ3) is 2.54. The maximum absolute atomic E-state index is 3.53. The molecule has 0 aromatic rings. The van der Waals surface area contributed by atoms with Crippen molar-refractivity contribution in [2.45, 2.75) is 4.44 Å². The zero-order valence-corrected chi connectivity index (χ0v) is 8.70. The fourth-order valence-electron chi connectivity index (χ4n) is 0. The molecule has 0 unspecified atom stereocenters. The van der Waals surface area contributed by atoms with E-state index < -0.39 is 0 Å². The quantitative estimate of drug-likeness (QED) is 0.375. The summed E-state index contributed by atoms with van der Waals surface area (Å²) >= 11 is 0.867. The summed E-state index contributed by atoms with van der Waals surface area (Å²) in [6, 6.07) is 0. The van der Waals surface area contributed by atoms with Crippen LogP contribution in [-0.4, -0.2) is 22.5 Å². The molecule has 0 aliphatic rings. The van der Waals surface area contributed by atoms with Crippen LogP contribution in [-0.2, 0) is 0 Å². The van der Waals surface area contributed by atoms with Crippen LogP contribution < -0.4 is 0 Å². The average Bonchev–Trinajstić information content (AvgIpc) is 1.37. The van der Waals surface area contributed by atoms with Gasteiger partial charge in [-0.1, -0.05) is 0 Å². The molecular formula is C3H8Sn. The van der Waals surface area contributed by atoms with Gasteiger partial charge in [-0.3, -0.25) is 0 Å². The number of allylic oxidation sites excluding steroid dienone is 1. The van der Waals surface area contributed by atoms with E-state index in [0.29, 0.717) is 0 Å². The van der Waals surface area contributed by atoms with Crippen LogP contribution in [0.5, 0.6) is 0 Å². The van der Waals surface area contributed by atoms with Crippen molar-refractivity contribution in [3.63, 3.8) is 0 Å². The molecule has 0 aromatic carbocycles. The summed E-state index contributed by atoms with van der Waals surface area (Å²) in [4.78, 5) is 0. The van der Waals surface area contributed by atoms with E-state index in [9.17, 15) is 0 Å². The first-order valence-electron chi connectivity index (χ1n) is 1.52. The molecular weight excluding hydrogens is 155 g/mol. The Morgan fingerprint density at radius 2 is 2.25 bits per heavy atom. The third-order valence-electron chi connectivity index (χ3n) is 0.289. The molecule has 0 heterocycles. The van der Waals surface area contributed by atoms with Crippen molar-refractivity contribution in [1.82, 2.24) is 0 Å². The van der Waals surface area contributed by atoms with Crippen molar-refractivity contribution in [1.29, 1.82) is 0 Å². The van der Waals surface area contributed by atoms with E-state index in [1.54, 1.807) is 0 Å². The van der Waals surface area contributed by atoms with Crippen LogP contribution in [0, 0.1) is 0 Å². The van der Waals surface area contributed by atoms with Crippen LogP contribution in [0.25, 0.3) is 0 Å². The molecule has 0 fully saturated rings. The van der Waals surface area contributed by atoms with Gasteiger partial charge < -0.3 is 0 Å². The maximum atomic E-state index is 3.53. The van der Waals surface area contributed by atoms with E-state index in [-0.39, 0.29) is 0 Å². The van der Waals surface area contributed by atoms with Gasteiger partial charge in [0.15, 0.2) is 0 Å². The van der Waals surface area contributed by atoms with Crippen molar-refractivity contribution in [3.8, 4) is 0 Å². The fraction of sp³-hybridized carbons (Fsp3) is 0.333. The van der Waals surface area contributed by atoms with Crippen LogP contribution in [0.4, 0.5) is 0 Å². The number of hydrogen-bond donors (Lipinski definition) is 0. The molecule has 0 nitrogen and oxygen atoms in total. The molecule has 4 heavy (non-hydrogen) atoms. The topological polar surface area (TPSA) is 0 Å². The van der Waals surface area contributed by atoms with Gasteiger partial charge in [0.25, 0.3) is 0 Å². The Bertz CT molecular complexity index is 17.2. The van der Waals surface area contributed by atoms with Crippen LogP contribution in [0.2, 0.25) is 4.44 Å². The van der Waals surface area contributed by atoms with E-state index >= 15 is 0 Å². The van der Waals surface area contributed by atoms with E-state index in [4.69, 9.17) is 0 Å². The normalized spacial score (nSPS) is 7.00. The molecule has 0 spiro atoms. The molecule has 0 N–H and O–H groups in total. The Morgan fingerprint density at radius 1 is 2.00 bits per heavy atom. The summed E-state index contributed by atoms with van der Waals surface area (Å²) in [6.45, 7) is 3.53. The molecule has 0 radical (unpaired) electrons. The molecule has 0 aromatic heterocycles. The zero-order valence-electron chi connectivity index (χ0n) is 2.99. The second-order valence-electron chi connectivity index (χ2n) is 0.697. The second kappa shape index (κ2) is 3.54. The summed E-state index contributed by atoms with van der Waals surface area (Å²) in [6.07, 6.45) is 1.97. The minimum atomic E-state index is 0.867. The van der Waals surface area contributed by atoms with Gasteiger partial charge in [0.2, 0.25) is 0 Å². The molecule has 0 bridgehead atoms. The van der Waals surface area contributed by atoms with Crippen molar-refractivity contribution in [3.05, 3.63) is 12.7 Å². The van der Waals surface area contributed by atoms with Gasteiger partial charge >= 0.3 is 39.6 Å². The Balaban J connectivity index is 2.30. The fourth-order valence-corrected chi connectivity index (χ4v) is 0. The van der Waals surface area contributed by atoms with Crippen LogP contribution >= 0.6 is 0 Å². The second-order valence-corrected chi connectivity index (χ2v) is 3.03. The molecule has 24 valence electrons. The Hall–Kier alpha value is 0.539. The molecule has 0 saturated heterocycles. The van der Waals surface area contributed by atoms with Gasteiger partial charge in [-0.05, 0) is 0 Å². The molecule has 0 rings (SSSR count).